The summed E-state index contributed by atoms with van der Waals surface area (Å²) in [7, 11) is -2.40. The Morgan fingerprint density at radius 2 is 1.60 bits per heavy atom. The molecule has 0 saturated heterocycles. The Kier molecular flexibility index (Phi) is 6.31. The Morgan fingerprint density at radius 1 is 0.943 bits per heavy atom. The third kappa shape index (κ3) is 4.60. The lowest BCUT2D eigenvalue weighted by atomic mass is 10.1. The predicted molar refractivity (Wildman–Crippen MR) is 132 cm³/mol. The fourth-order valence-corrected chi connectivity index (χ4v) is 4.82. The molecule has 10 heteroatoms. The van der Waals surface area contributed by atoms with Gasteiger partial charge in [-0.15, -0.1) is 0 Å². The number of hydrogen-bond donors (Lipinski definition) is 2. The maximum absolute atomic E-state index is 13.6. The number of nitrogens with zero attached hydrogens (tertiary/aromatic N) is 2. The van der Waals surface area contributed by atoms with E-state index in [2.05, 4.69) is 10.0 Å². The van der Waals surface area contributed by atoms with Crippen LogP contribution in [0.4, 0.5) is 15.8 Å². The molecule has 0 saturated carbocycles. The fraction of sp³-hybridized carbons (Fsp3) is 0.120. The molecule has 0 unspecified atom stereocenters. The average Bonchev–Trinajstić information content (AvgIpc) is 3.04. The van der Waals surface area contributed by atoms with Gasteiger partial charge >= 0.3 is 0 Å². The molecule has 0 aliphatic heterocycles. The monoisotopic (exact) mass is 494 g/mol. The number of anilines is 2. The summed E-state index contributed by atoms with van der Waals surface area (Å²) in [5.74, 6) is -1.19. The van der Waals surface area contributed by atoms with Crippen LogP contribution in [0.1, 0.15) is 21.6 Å². The lowest BCUT2D eigenvalue weighted by Gasteiger charge is -2.13. The molecule has 0 fully saturated rings. The molecule has 180 valence electrons. The van der Waals surface area contributed by atoms with E-state index in [0.29, 0.717) is 11.4 Å². The standard InChI is InChI=1S/C25H23FN4O4S/c1-16-15-19(13-14-21(16)26)35(33,34)28-22-12-8-7-11-20(22)24(31)27-23-17(2)29(3)30(25(23)32)18-9-5-4-6-10-18/h4-15,28H,1-3H3,(H,27,31). The molecule has 35 heavy (non-hydrogen) atoms. The first-order valence-electron chi connectivity index (χ1n) is 10.6. The van der Waals surface area contributed by atoms with Crippen LogP contribution in [-0.2, 0) is 17.1 Å². The number of aryl methyl sites for hydroxylation is 1. The molecule has 1 aromatic heterocycles. The van der Waals surface area contributed by atoms with Gasteiger partial charge in [0.2, 0.25) is 0 Å². The molecule has 0 aliphatic rings. The summed E-state index contributed by atoms with van der Waals surface area (Å²) in [6, 6.07) is 18.4. The van der Waals surface area contributed by atoms with Crippen molar-refractivity contribution >= 4 is 27.3 Å². The number of nitrogens with one attached hydrogen (secondary N) is 2. The number of amides is 1. The van der Waals surface area contributed by atoms with Crippen molar-refractivity contribution in [1.82, 2.24) is 9.36 Å². The maximum Gasteiger partial charge on any atom is 0.295 e. The Labute approximate surface area is 201 Å². The second-order valence-corrected chi connectivity index (χ2v) is 9.64. The largest absolute Gasteiger partial charge is 0.316 e. The smallest absolute Gasteiger partial charge is 0.295 e. The summed E-state index contributed by atoms with van der Waals surface area (Å²) >= 11 is 0. The first-order chi connectivity index (χ1) is 16.6. The van der Waals surface area contributed by atoms with Gasteiger partial charge in [-0.25, -0.2) is 17.5 Å². The van der Waals surface area contributed by atoms with Gasteiger partial charge in [0.25, 0.3) is 21.5 Å². The van der Waals surface area contributed by atoms with Crippen molar-refractivity contribution in [2.75, 3.05) is 10.0 Å². The van der Waals surface area contributed by atoms with Crippen molar-refractivity contribution in [2.24, 2.45) is 7.05 Å². The minimum absolute atomic E-state index is 0.0174. The van der Waals surface area contributed by atoms with E-state index in [1.807, 2.05) is 6.07 Å². The number of rotatable bonds is 6. The first-order valence-corrected chi connectivity index (χ1v) is 12.1. The second-order valence-electron chi connectivity index (χ2n) is 7.95. The Balaban J connectivity index is 1.67. The van der Waals surface area contributed by atoms with Crippen LogP contribution in [0.15, 0.2) is 82.5 Å². The molecular formula is C25H23FN4O4S. The lowest BCUT2D eigenvalue weighted by molar-refractivity contribution is 0.102. The zero-order valence-corrected chi connectivity index (χ0v) is 20.1. The summed E-state index contributed by atoms with van der Waals surface area (Å²) in [5, 5.41) is 2.63. The molecule has 0 bridgehead atoms. The van der Waals surface area contributed by atoms with Crippen molar-refractivity contribution < 1.29 is 17.6 Å². The fourth-order valence-electron chi connectivity index (χ4n) is 3.65. The quantitative estimate of drug-likeness (QED) is 0.423. The minimum Gasteiger partial charge on any atom is -0.316 e. The van der Waals surface area contributed by atoms with Crippen LogP contribution in [0, 0.1) is 19.7 Å². The van der Waals surface area contributed by atoms with Gasteiger partial charge < -0.3 is 5.32 Å². The van der Waals surface area contributed by atoms with E-state index < -0.39 is 27.3 Å². The molecule has 1 amide bonds. The van der Waals surface area contributed by atoms with Crippen LogP contribution in [0.3, 0.4) is 0 Å². The van der Waals surface area contributed by atoms with Gasteiger partial charge in [-0.05, 0) is 61.9 Å². The zero-order chi connectivity index (χ0) is 25.3. The highest BCUT2D eigenvalue weighted by Crippen LogP contribution is 2.23. The highest BCUT2D eigenvalue weighted by Gasteiger charge is 2.22. The summed E-state index contributed by atoms with van der Waals surface area (Å²) in [4.78, 5) is 26.1. The number of benzene rings is 3. The average molecular weight is 495 g/mol. The van der Waals surface area contributed by atoms with Gasteiger partial charge in [-0.2, -0.15) is 0 Å². The highest BCUT2D eigenvalue weighted by atomic mass is 32.2. The second kappa shape index (κ2) is 9.22. The van der Waals surface area contributed by atoms with E-state index in [1.165, 1.54) is 29.8 Å². The van der Waals surface area contributed by atoms with Gasteiger partial charge in [0.15, 0.2) is 0 Å². The van der Waals surface area contributed by atoms with E-state index in [4.69, 9.17) is 0 Å². The Hall–Kier alpha value is -4.18. The molecule has 4 aromatic rings. The summed E-state index contributed by atoms with van der Waals surface area (Å²) in [6.45, 7) is 3.15. The highest BCUT2D eigenvalue weighted by molar-refractivity contribution is 7.92. The van der Waals surface area contributed by atoms with Gasteiger partial charge in [0.05, 0.1) is 27.5 Å². The Morgan fingerprint density at radius 3 is 2.29 bits per heavy atom. The number of aromatic nitrogens is 2. The lowest BCUT2D eigenvalue weighted by Crippen LogP contribution is -2.24. The van der Waals surface area contributed by atoms with Gasteiger partial charge in [-0.1, -0.05) is 30.3 Å². The van der Waals surface area contributed by atoms with E-state index in [0.717, 1.165) is 12.1 Å². The molecule has 3 aromatic carbocycles. The topological polar surface area (TPSA) is 102 Å². The van der Waals surface area contributed by atoms with Crippen LogP contribution in [-0.4, -0.2) is 23.7 Å². The van der Waals surface area contributed by atoms with Crippen LogP contribution in [0.5, 0.6) is 0 Å². The van der Waals surface area contributed by atoms with Gasteiger partial charge in [0.1, 0.15) is 11.5 Å². The molecular weight excluding hydrogens is 471 g/mol. The van der Waals surface area contributed by atoms with E-state index in [-0.39, 0.29) is 27.4 Å². The van der Waals surface area contributed by atoms with Crippen molar-refractivity contribution in [1.29, 1.82) is 0 Å². The number of para-hydroxylation sites is 2. The van der Waals surface area contributed by atoms with Crippen molar-refractivity contribution in [3.05, 3.63) is 106 Å². The molecule has 1 heterocycles. The molecule has 0 aliphatic carbocycles. The van der Waals surface area contributed by atoms with Crippen LogP contribution in [0.25, 0.3) is 5.69 Å². The number of carbonyl (C=O) groups is 1. The zero-order valence-electron chi connectivity index (χ0n) is 19.2. The van der Waals surface area contributed by atoms with Crippen molar-refractivity contribution in [3.63, 3.8) is 0 Å². The number of hydrogen-bond acceptors (Lipinski definition) is 4. The normalized spacial score (nSPS) is 11.3. The molecule has 4 rings (SSSR count). The number of sulfonamides is 1. The van der Waals surface area contributed by atoms with Gasteiger partial charge in [-0.3, -0.25) is 19.0 Å². The van der Waals surface area contributed by atoms with Crippen LogP contribution < -0.4 is 15.6 Å². The molecule has 0 radical (unpaired) electrons. The summed E-state index contributed by atoms with van der Waals surface area (Å²) in [6.07, 6.45) is 0. The Bertz CT molecular complexity index is 1590. The maximum atomic E-state index is 13.6. The SMILES string of the molecule is Cc1cc(S(=O)(=O)Nc2ccccc2C(=O)Nc2c(C)n(C)n(-c3ccccc3)c2=O)ccc1F. The molecule has 2 N–H and O–H groups in total. The third-order valence-corrected chi connectivity index (χ3v) is 7.01. The molecule has 8 nitrogen and oxygen atoms in total. The summed E-state index contributed by atoms with van der Waals surface area (Å²) < 4.78 is 44.8. The molecule has 0 spiro atoms. The minimum atomic E-state index is -4.10. The third-order valence-electron chi connectivity index (χ3n) is 5.65. The van der Waals surface area contributed by atoms with E-state index >= 15 is 0 Å². The van der Waals surface area contributed by atoms with E-state index in [9.17, 15) is 22.4 Å². The van der Waals surface area contributed by atoms with E-state index in [1.54, 1.807) is 55.1 Å². The first kappa shape index (κ1) is 24.0. The van der Waals surface area contributed by atoms with Crippen LogP contribution >= 0.6 is 0 Å². The van der Waals surface area contributed by atoms with Crippen molar-refractivity contribution in [2.45, 2.75) is 18.7 Å². The number of halogens is 1. The summed E-state index contributed by atoms with van der Waals surface area (Å²) in [5.41, 5.74) is 1.01. The predicted octanol–water partition coefficient (Wildman–Crippen LogP) is 3.99. The van der Waals surface area contributed by atoms with Crippen LogP contribution in [0.2, 0.25) is 0 Å². The molecule has 0 atom stereocenters. The van der Waals surface area contributed by atoms with Crippen molar-refractivity contribution in [3.8, 4) is 5.69 Å². The number of carbonyl (C=O) groups excluding carboxylic acids is 1. The van der Waals surface area contributed by atoms with Gasteiger partial charge in [0, 0.05) is 7.05 Å².